The number of methoxy groups -OCH3 is 2. The first-order valence-corrected chi connectivity index (χ1v) is 7.65. The van der Waals surface area contributed by atoms with Gasteiger partial charge in [0.1, 0.15) is 0 Å². The van der Waals surface area contributed by atoms with E-state index in [0.29, 0.717) is 11.8 Å². The minimum atomic E-state index is -1.72. The monoisotopic (exact) mass is 383 g/mol. The molecular formula is C18H16F3NO5. The highest BCUT2D eigenvalue weighted by molar-refractivity contribution is 5.97. The van der Waals surface area contributed by atoms with Gasteiger partial charge in [-0.15, -0.1) is 0 Å². The summed E-state index contributed by atoms with van der Waals surface area (Å²) in [7, 11) is 2.82. The van der Waals surface area contributed by atoms with E-state index in [9.17, 15) is 22.8 Å². The van der Waals surface area contributed by atoms with Crippen LogP contribution in [0.25, 0.3) is 0 Å². The molecule has 1 atom stereocenters. The van der Waals surface area contributed by atoms with Crippen molar-refractivity contribution >= 4 is 17.6 Å². The normalized spacial score (nSPS) is 11.5. The van der Waals surface area contributed by atoms with Crippen molar-refractivity contribution in [2.24, 2.45) is 0 Å². The molecular weight excluding hydrogens is 367 g/mol. The van der Waals surface area contributed by atoms with Crippen molar-refractivity contribution in [2.75, 3.05) is 19.5 Å². The Balaban J connectivity index is 2.08. The molecule has 0 saturated heterocycles. The second-order valence-corrected chi connectivity index (χ2v) is 5.33. The van der Waals surface area contributed by atoms with Gasteiger partial charge in [-0.05, 0) is 37.3 Å². The number of rotatable bonds is 6. The molecule has 0 aliphatic heterocycles. The van der Waals surface area contributed by atoms with Crippen molar-refractivity contribution in [1.82, 2.24) is 0 Å². The standard InChI is InChI=1S/C18H16F3NO5/c1-9(17(23)22-12-6-5-11(19)15(20)16(12)21)27-18(24)10-4-7-13(25-2)14(8-10)26-3/h4-9H,1-3H3,(H,22,23). The third-order valence-corrected chi connectivity index (χ3v) is 3.57. The molecule has 2 aromatic rings. The minimum absolute atomic E-state index is 0.0892. The molecule has 0 saturated carbocycles. The number of ether oxygens (including phenoxy) is 3. The van der Waals surface area contributed by atoms with Gasteiger partial charge < -0.3 is 19.5 Å². The van der Waals surface area contributed by atoms with Gasteiger partial charge in [-0.3, -0.25) is 4.79 Å². The van der Waals surface area contributed by atoms with Crippen LogP contribution in [0.15, 0.2) is 30.3 Å². The van der Waals surface area contributed by atoms with Gasteiger partial charge in [0.15, 0.2) is 35.1 Å². The van der Waals surface area contributed by atoms with E-state index in [4.69, 9.17) is 14.2 Å². The van der Waals surface area contributed by atoms with Gasteiger partial charge in [-0.2, -0.15) is 0 Å². The van der Waals surface area contributed by atoms with Gasteiger partial charge in [0, 0.05) is 0 Å². The van der Waals surface area contributed by atoms with E-state index < -0.39 is 41.1 Å². The fourth-order valence-electron chi connectivity index (χ4n) is 2.10. The van der Waals surface area contributed by atoms with Crippen LogP contribution in [0.2, 0.25) is 0 Å². The lowest BCUT2D eigenvalue weighted by Crippen LogP contribution is -2.30. The van der Waals surface area contributed by atoms with Crippen LogP contribution in [0.4, 0.5) is 18.9 Å². The molecule has 0 heterocycles. The fraction of sp³-hybridized carbons (Fsp3) is 0.222. The number of hydrogen-bond donors (Lipinski definition) is 1. The van der Waals surface area contributed by atoms with Crippen LogP contribution in [-0.2, 0) is 9.53 Å². The average Bonchev–Trinajstić information content (AvgIpc) is 2.67. The van der Waals surface area contributed by atoms with E-state index in [1.807, 2.05) is 5.32 Å². The van der Waals surface area contributed by atoms with Gasteiger partial charge in [-0.1, -0.05) is 0 Å². The topological polar surface area (TPSA) is 73.9 Å². The SMILES string of the molecule is COc1ccc(C(=O)OC(C)C(=O)Nc2ccc(F)c(F)c2F)cc1OC. The van der Waals surface area contributed by atoms with E-state index in [0.717, 1.165) is 6.07 Å². The van der Waals surface area contributed by atoms with Crippen molar-refractivity contribution in [1.29, 1.82) is 0 Å². The van der Waals surface area contributed by atoms with Gasteiger partial charge in [0.2, 0.25) is 0 Å². The van der Waals surface area contributed by atoms with E-state index in [1.54, 1.807) is 0 Å². The highest BCUT2D eigenvalue weighted by Gasteiger charge is 2.22. The number of halogens is 3. The fourth-order valence-corrected chi connectivity index (χ4v) is 2.10. The predicted molar refractivity (Wildman–Crippen MR) is 89.4 cm³/mol. The van der Waals surface area contributed by atoms with E-state index in [1.165, 1.54) is 39.3 Å². The lowest BCUT2D eigenvalue weighted by Gasteiger charge is -2.15. The van der Waals surface area contributed by atoms with Crippen molar-refractivity contribution in [3.8, 4) is 11.5 Å². The summed E-state index contributed by atoms with van der Waals surface area (Å²) in [6, 6.07) is 5.77. The molecule has 0 bridgehead atoms. The summed E-state index contributed by atoms with van der Waals surface area (Å²) in [5.41, 5.74) is -0.487. The summed E-state index contributed by atoms with van der Waals surface area (Å²) in [5, 5.41) is 2.03. The first-order valence-electron chi connectivity index (χ1n) is 7.65. The third-order valence-electron chi connectivity index (χ3n) is 3.57. The summed E-state index contributed by atoms with van der Waals surface area (Å²) < 4.78 is 54.8. The number of hydrogen-bond acceptors (Lipinski definition) is 5. The smallest absolute Gasteiger partial charge is 0.339 e. The van der Waals surface area contributed by atoms with Crippen LogP contribution in [0.5, 0.6) is 11.5 Å². The summed E-state index contributed by atoms with van der Waals surface area (Å²) in [6.45, 7) is 1.24. The van der Waals surface area contributed by atoms with E-state index >= 15 is 0 Å². The Morgan fingerprint density at radius 2 is 1.63 bits per heavy atom. The first kappa shape index (κ1) is 20.1. The number of esters is 1. The lowest BCUT2D eigenvalue weighted by molar-refractivity contribution is -0.123. The number of carbonyl (C=O) groups is 2. The number of carbonyl (C=O) groups excluding carboxylic acids is 2. The molecule has 27 heavy (non-hydrogen) atoms. The zero-order valence-corrected chi connectivity index (χ0v) is 14.6. The Morgan fingerprint density at radius 1 is 0.963 bits per heavy atom. The Labute approximate surface area is 152 Å². The van der Waals surface area contributed by atoms with Gasteiger partial charge >= 0.3 is 5.97 Å². The molecule has 2 rings (SSSR count). The van der Waals surface area contributed by atoms with Crippen LogP contribution in [0.3, 0.4) is 0 Å². The van der Waals surface area contributed by atoms with Crippen LogP contribution < -0.4 is 14.8 Å². The van der Waals surface area contributed by atoms with E-state index in [2.05, 4.69) is 0 Å². The molecule has 0 fully saturated rings. The molecule has 1 unspecified atom stereocenters. The van der Waals surface area contributed by atoms with Crippen LogP contribution in [0.1, 0.15) is 17.3 Å². The quantitative estimate of drug-likeness (QED) is 0.612. The largest absolute Gasteiger partial charge is 0.493 e. The van der Waals surface area contributed by atoms with Crippen LogP contribution in [-0.4, -0.2) is 32.2 Å². The summed E-state index contributed by atoms with van der Waals surface area (Å²) >= 11 is 0. The zero-order valence-electron chi connectivity index (χ0n) is 14.6. The maximum Gasteiger partial charge on any atom is 0.339 e. The second kappa shape index (κ2) is 8.43. The molecule has 0 aliphatic rings. The lowest BCUT2D eigenvalue weighted by atomic mass is 10.2. The van der Waals surface area contributed by atoms with Crippen molar-refractivity contribution in [3.63, 3.8) is 0 Å². The Kier molecular flexibility index (Phi) is 6.27. The van der Waals surface area contributed by atoms with Crippen molar-refractivity contribution < 1.29 is 37.0 Å². The second-order valence-electron chi connectivity index (χ2n) is 5.33. The minimum Gasteiger partial charge on any atom is -0.493 e. The van der Waals surface area contributed by atoms with Crippen LogP contribution >= 0.6 is 0 Å². The highest BCUT2D eigenvalue weighted by Crippen LogP contribution is 2.28. The Morgan fingerprint density at radius 3 is 2.26 bits per heavy atom. The van der Waals surface area contributed by atoms with Gasteiger partial charge in [0.25, 0.3) is 5.91 Å². The van der Waals surface area contributed by atoms with Crippen molar-refractivity contribution in [2.45, 2.75) is 13.0 Å². The maximum atomic E-state index is 13.6. The molecule has 0 aromatic heterocycles. The van der Waals surface area contributed by atoms with Gasteiger partial charge in [-0.25, -0.2) is 18.0 Å². The zero-order chi connectivity index (χ0) is 20.1. The molecule has 2 aromatic carbocycles. The molecule has 0 spiro atoms. The summed E-state index contributed by atoms with van der Waals surface area (Å²) in [6.07, 6.45) is -1.34. The highest BCUT2D eigenvalue weighted by atomic mass is 19.2. The molecule has 144 valence electrons. The summed E-state index contributed by atoms with van der Waals surface area (Å²) in [4.78, 5) is 24.2. The summed E-state index contributed by atoms with van der Waals surface area (Å²) in [5.74, 6) is -5.75. The maximum absolute atomic E-state index is 13.6. The average molecular weight is 383 g/mol. The number of anilines is 1. The molecule has 0 radical (unpaired) electrons. The predicted octanol–water partition coefficient (Wildman–Crippen LogP) is 3.31. The number of benzene rings is 2. The molecule has 6 nitrogen and oxygen atoms in total. The third kappa shape index (κ3) is 4.49. The molecule has 1 amide bonds. The number of nitrogens with one attached hydrogen (secondary N) is 1. The molecule has 0 aliphatic carbocycles. The van der Waals surface area contributed by atoms with Crippen molar-refractivity contribution in [3.05, 3.63) is 53.3 Å². The van der Waals surface area contributed by atoms with Crippen LogP contribution in [0, 0.1) is 17.5 Å². The Hall–Kier alpha value is -3.23. The molecule has 1 N–H and O–H groups in total. The first-order chi connectivity index (χ1) is 12.8. The van der Waals surface area contributed by atoms with E-state index in [-0.39, 0.29) is 11.3 Å². The molecule has 9 heteroatoms. The van der Waals surface area contributed by atoms with Gasteiger partial charge in [0.05, 0.1) is 25.5 Å². The number of amides is 1. The Bertz CT molecular complexity index is 872.